The molecule has 0 aliphatic rings. The normalized spacial score (nSPS) is 11.9. The Labute approximate surface area is 190 Å². The van der Waals surface area contributed by atoms with E-state index in [1.165, 1.54) is 21.3 Å². The number of rotatable bonds is 3. The number of alkyl halides is 3. The number of hydrogen-bond acceptors (Lipinski definition) is 5. The fourth-order valence-electron chi connectivity index (χ4n) is 3.93. The minimum atomic E-state index is -4.44. The predicted molar refractivity (Wildman–Crippen MR) is 119 cm³/mol. The van der Waals surface area contributed by atoms with Crippen LogP contribution >= 0.6 is 0 Å². The number of fused-ring (bicyclic) bond motifs is 2. The Kier molecular flexibility index (Phi) is 4.82. The Hall–Kier alpha value is -4.34. The maximum Gasteiger partial charge on any atom is 0.416 e. The first-order valence-corrected chi connectivity index (χ1v) is 10.2. The minimum absolute atomic E-state index is 0.206. The van der Waals surface area contributed by atoms with Crippen LogP contribution in [0.3, 0.4) is 0 Å². The van der Waals surface area contributed by atoms with Gasteiger partial charge in [-0.25, -0.2) is 14.5 Å². The van der Waals surface area contributed by atoms with E-state index in [4.69, 9.17) is 0 Å². The third-order valence-corrected chi connectivity index (χ3v) is 5.70. The van der Waals surface area contributed by atoms with E-state index in [1.807, 2.05) is 6.92 Å². The second-order valence-electron chi connectivity index (χ2n) is 7.86. The van der Waals surface area contributed by atoms with Gasteiger partial charge in [-0.15, -0.1) is 0 Å². The van der Waals surface area contributed by atoms with Gasteiger partial charge in [0.15, 0.2) is 12.1 Å². The quantitative estimate of drug-likeness (QED) is 0.367. The molecule has 0 fully saturated rings. The Morgan fingerprint density at radius 2 is 1.82 bits per heavy atom. The number of halogens is 3. The predicted octanol–water partition coefficient (Wildman–Crippen LogP) is 4.54. The van der Waals surface area contributed by atoms with Crippen molar-refractivity contribution >= 4 is 22.7 Å². The van der Waals surface area contributed by atoms with Crippen LogP contribution in [0, 0.1) is 13.8 Å². The van der Waals surface area contributed by atoms with Crippen molar-refractivity contribution in [2.24, 2.45) is 0 Å². The third kappa shape index (κ3) is 3.43. The number of benzene rings is 2. The number of hydrogen-bond donors (Lipinski definition) is 0. The summed E-state index contributed by atoms with van der Waals surface area (Å²) in [6.07, 6.45) is 0.710. The molecule has 0 saturated carbocycles. The summed E-state index contributed by atoms with van der Waals surface area (Å²) in [4.78, 5) is 32.9. The van der Waals surface area contributed by atoms with Crippen LogP contribution in [0.25, 0.3) is 33.5 Å². The van der Waals surface area contributed by atoms with Gasteiger partial charge in [0.1, 0.15) is 11.2 Å². The molecule has 0 spiro atoms. The standard InChI is InChI=1S/C24H16F3N5O2/c1-13-9-15(22-28-11-16-10-17(24(25,26)27)4-5-18(16)29-22)3-6-20(13)31-7-8-32-21(23(31)34)14(2)19(12-33)30-32/h3-12H,1-2H3. The number of aldehydes is 1. The van der Waals surface area contributed by atoms with Gasteiger partial charge < -0.3 is 0 Å². The number of carbonyl (C=O) groups excluding carboxylic acids is 1. The van der Waals surface area contributed by atoms with Crippen molar-refractivity contribution in [1.82, 2.24) is 24.1 Å². The second-order valence-corrected chi connectivity index (χ2v) is 7.86. The molecule has 0 radical (unpaired) electrons. The molecular weight excluding hydrogens is 447 g/mol. The molecule has 0 unspecified atom stereocenters. The van der Waals surface area contributed by atoms with Gasteiger partial charge in [0.2, 0.25) is 0 Å². The summed E-state index contributed by atoms with van der Waals surface area (Å²) in [5.41, 5.74) is 2.37. The van der Waals surface area contributed by atoms with Crippen molar-refractivity contribution in [1.29, 1.82) is 0 Å². The van der Waals surface area contributed by atoms with Crippen LogP contribution in [-0.2, 0) is 6.18 Å². The molecule has 0 bridgehead atoms. The van der Waals surface area contributed by atoms with E-state index in [1.54, 1.807) is 37.5 Å². The van der Waals surface area contributed by atoms with E-state index in [2.05, 4.69) is 15.1 Å². The molecule has 0 atom stereocenters. The highest BCUT2D eigenvalue weighted by Gasteiger charge is 2.30. The molecule has 2 aromatic carbocycles. The lowest BCUT2D eigenvalue weighted by Crippen LogP contribution is -2.21. The largest absolute Gasteiger partial charge is 0.416 e. The summed E-state index contributed by atoms with van der Waals surface area (Å²) in [5, 5.41) is 4.39. The zero-order chi connectivity index (χ0) is 24.2. The second kappa shape index (κ2) is 7.62. The van der Waals surface area contributed by atoms with Crippen LogP contribution in [0.2, 0.25) is 0 Å². The van der Waals surface area contributed by atoms with Crippen LogP contribution in [0.4, 0.5) is 13.2 Å². The lowest BCUT2D eigenvalue weighted by Gasteiger charge is -2.12. The maximum atomic E-state index is 13.1. The zero-order valence-electron chi connectivity index (χ0n) is 18.0. The van der Waals surface area contributed by atoms with Gasteiger partial charge in [0.05, 0.1) is 16.8 Å². The van der Waals surface area contributed by atoms with Crippen LogP contribution in [-0.4, -0.2) is 30.4 Å². The molecule has 3 aromatic heterocycles. The molecule has 7 nitrogen and oxygen atoms in total. The smallest absolute Gasteiger partial charge is 0.296 e. The van der Waals surface area contributed by atoms with E-state index < -0.39 is 11.7 Å². The summed E-state index contributed by atoms with van der Waals surface area (Å²) in [6, 6.07) is 8.62. The lowest BCUT2D eigenvalue weighted by molar-refractivity contribution is -0.137. The van der Waals surface area contributed by atoms with Crippen molar-refractivity contribution in [3.63, 3.8) is 0 Å². The molecule has 0 N–H and O–H groups in total. The average Bonchev–Trinajstić information content (AvgIpc) is 3.14. The fourth-order valence-corrected chi connectivity index (χ4v) is 3.93. The molecular formula is C24H16F3N5O2. The molecule has 5 rings (SSSR count). The van der Waals surface area contributed by atoms with Crippen molar-refractivity contribution < 1.29 is 18.0 Å². The highest BCUT2D eigenvalue weighted by atomic mass is 19.4. The number of aromatic nitrogens is 5. The summed E-state index contributed by atoms with van der Waals surface area (Å²) in [5.74, 6) is 0.354. The summed E-state index contributed by atoms with van der Waals surface area (Å²) >= 11 is 0. The van der Waals surface area contributed by atoms with Crippen molar-refractivity contribution in [2.75, 3.05) is 0 Å². The van der Waals surface area contributed by atoms with Gasteiger partial charge >= 0.3 is 6.18 Å². The molecule has 5 aromatic rings. The van der Waals surface area contributed by atoms with Crippen LogP contribution in [0.1, 0.15) is 27.2 Å². The Morgan fingerprint density at radius 1 is 1.03 bits per heavy atom. The number of carbonyl (C=O) groups is 1. The van der Waals surface area contributed by atoms with Gasteiger partial charge in [-0.2, -0.15) is 18.3 Å². The Morgan fingerprint density at radius 3 is 2.53 bits per heavy atom. The molecule has 0 saturated heterocycles. The van der Waals surface area contributed by atoms with Crippen LogP contribution in [0.5, 0.6) is 0 Å². The van der Waals surface area contributed by atoms with Crippen molar-refractivity contribution in [3.05, 3.63) is 87.7 Å². The monoisotopic (exact) mass is 463 g/mol. The first-order chi connectivity index (χ1) is 16.2. The maximum absolute atomic E-state index is 13.1. The Bertz CT molecular complexity index is 1670. The fraction of sp³-hybridized carbons (Fsp3) is 0.125. The molecule has 3 heterocycles. The molecule has 10 heteroatoms. The highest BCUT2D eigenvalue weighted by Crippen LogP contribution is 2.31. The first kappa shape index (κ1) is 21.5. The van der Waals surface area contributed by atoms with Gasteiger partial charge in [0, 0.05) is 35.1 Å². The summed E-state index contributed by atoms with van der Waals surface area (Å²) < 4.78 is 41.7. The van der Waals surface area contributed by atoms with Crippen molar-refractivity contribution in [2.45, 2.75) is 20.0 Å². The third-order valence-electron chi connectivity index (χ3n) is 5.70. The summed E-state index contributed by atoms with van der Waals surface area (Å²) in [6.45, 7) is 3.49. The van der Waals surface area contributed by atoms with E-state index in [9.17, 15) is 22.8 Å². The minimum Gasteiger partial charge on any atom is -0.296 e. The topological polar surface area (TPSA) is 82.2 Å². The van der Waals surface area contributed by atoms with Gasteiger partial charge in [0.25, 0.3) is 5.56 Å². The van der Waals surface area contributed by atoms with E-state index in [0.29, 0.717) is 40.0 Å². The van der Waals surface area contributed by atoms with Gasteiger partial charge in [-0.05, 0) is 55.8 Å². The first-order valence-electron chi connectivity index (χ1n) is 10.2. The average molecular weight is 463 g/mol. The van der Waals surface area contributed by atoms with Gasteiger partial charge in [-0.1, -0.05) is 0 Å². The van der Waals surface area contributed by atoms with E-state index in [-0.39, 0.29) is 16.6 Å². The SMILES string of the molecule is Cc1cc(-c2ncc3cc(C(F)(F)F)ccc3n2)ccc1-n1ccn2nc(C=O)c(C)c2c1=O. The molecule has 0 aliphatic carbocycles. The number of aryl methyl sites for hydroxylation is 2. The zero-order valence-corrected chi connectivity index (χ0v) is 18.0. The van der Waals surface area contributed by atoms with Crippen LogP contribution in [0.15, 0.2) is 59.8 Å². The molecule has 170 valence electrons. The molecule has 34 heavy (non-hydrogen) atoms. The summed E-state index contributed by atoms with van der Waals surface area (Å²) in [7, 11) is 0. The van der Waals surface area contributed by atoms with E-state index in [0.717, 1.165) is 17.7 Å². The molecule has 0 aliphatic heterocycles. The van der Waals surface area contributed by atoms with Crippen molar-refractivity contribution in [3.8, 4) is 17.1 Å². The Balaban J connectivity index is 1.56. The highest BCUT2D eigenvalue weighted by molar-refractivity contribution is 5.81. The van der Waals surface area contributed by atoms with E-state index >= 15 is 0 Å². The van der Waals surface area contributed by atoms with Crippen LogP contribution < -0.4 is 5.56 Å². The molecule has 0 amide bonds. The van der Waals surface area contributed by atoms with Gasteiger partial charge in [-0.3, -0.25) is 14.2 Å². The number of nitrogens with zero attached hydrogens (tertiary/aromatic N) is 5. The lowest BCUT2D eigenvalue weighted by atomic mass is 10.1.